The summed E-state index contributed by atoms with van der Waals surface area (Å²) in [7, 11) is 0. The van der Waals surface area contributed by atoms with Crippen LogP contribution in [0.3, 0.4) is 0 Å². The third-order valence-corrected chi connectivity index (χ3v) is 4.38. The Balaban J connectivity index is 1.49. The number of anilines is 2. The number of amides is 1. The molecule has 162 valence electrons. The minimum Gasteiger partial charge on any atom is -0.489 e. The average Bonchev–Trinajstić information content (AvgIpc) is 2.81. The first-order valence-electron chi connectivity index (χ1n) is 10.3. The first-order chi connectivity index (χ1) is 15.2. The van der Waals surface area contributed by atoms with E-state index in [1.807, 2.05) is 85.8 Å². The van der Waals surface area contributed by atoms with Crippen molar-refractivity contribution >= 4 is 17.3 Å². The highest BCUT2D eigenvalue weighted by atomic mass is 16.5. The van der Waals surface area contributed by atoms with Crippen LogP contribution in [0.2, 0.25) is 0 Å². The molecule has 0 aliphatic heterocycles. The molecule has 0 atom stereocenters. The van der Waals surface area contributed by atoms with Crippen molar-refractivity contribution in [1.29, 1.82) is 0 Å². The van der Waals surface area contributed by atoms with Gasteiger partial charge in [-0.2, -0.15) is 0 Å². The van der Waals surface area contributed by atoms with Crippen LogP contribution in [-0.4, -0.2) is 32.3 Å². The normalized spacial score (nSPS) is 10.4. The molecule has 0 unspecified atom stereocenters. The Labute approximate surface area is 183 Å². The van der Waals surface area contributed by atoms with Gasteiger partial charge in [-0.25, -0.2) is 0 Å². The van der Waals surface area contributed by atoms with Crippen LogP contribution in [0.1, 0.15) is 12.5 Å². The van der Waals surface area contributed by atoms with E-state index in [2.05, 4.69) is 10.6 Å². The average molecular weight is 421 g/mol. The van der Waals surface area contributed by atoms with Gasteiger partial charge >= 0.3 is 0 Å². The Kier molecular flexibility index (Phi) is 8.76. The van der Waals surface area contributed by atoms with Gasteiger partial charge in [-0.1, -0.05) is 48.5 Å². The molecular weight excluding hydrogens is 392 g/mol. The Bertz CT molecular complexity index is 947. The van der Waals surface area contributed by atoms with Crippen LogP contribution in [0.15, 0.2) is 78.9 Å². The summed E-state index contributed by atoms with van der Waals surface area (Å²) in [4.78, 5) is 12.4. The fourth-order valence-corrected chi connectivity index (χ4v) is 2.88. The first kappa shape index (κ1) is 22.2. The second-order valence-corrected chi connectivity index (χ2v) is 6.75. The van der Waals surface area contributed by atoms with Gasteiger partial charge in [-0.15, -0.1) is 0 Å². The van der Waals surface area contributed by atoms with E-state index in [1.54, 1.807) is 0 Å². The molecule has 3 rings (SSSR count). The summed E-state index contributed by atoms with van der Waals surface area (Å²) >= 11 is 0. The minimum atomic E-state index is -0.163. The molecule has 2 N–H and O–H groups in total. The van der Waals surface area contributed by atoms with E-state index < -0.39 is 0 Å². The summed E-state index contributed by atoms with van der Waals surface area (Å²) in [5.74, 6) is 1.22. The van der Waals surface area contributed by atoms with Crippen molar-refractivity contribution in [3.63, 3.8) is 0 Å². The molecule has 0 saturated heterocycles. The predicted octanol–water partition coefficient (Wildman–Crippen LogP) is 4.73. The molecule has 31 heavy (non-hydrogen) atoms. The van der Waals surface area contributed by atoms with Gasteiger partial charge in [0.25, 0.3) is 0 Å². The molecule has 0 radical (unpaired) electrons. The highest BCUT2D eigenvalue weighted by molar-refractivity contribution is 5.94. The second kappa shape index (κ2) is 12.2. The number of para-hydroxylation sites is 2. The lowest BCUT2D eigenvalue weighted by Crippen LogP contribution is -2.22. The number of nitrogens with one attached hydrogen (secondary N) is 2. The molecular formula is C25H28N2O4. The lowest BCUT2D eigenvalue weighted by Gasteiger charge is -2.13. The van der Waals surface area contributed by atoms with Gasteiger partial charge in [0.1, 0.15) is 24.7 Å². The van der Waals surface area contributed by atoms with E-state index in [1.165, 1.54) is 0 Å². The van der Waals surface area contributed by atoms with Gasteiger partial charge in [-0.3, -0.25) is 4.79 Å². The zero-order valence-corrected chi connectivity index (χ0v) is 17.7. The fraction of sp³-hybridized carbons (Fsp3) is 0.240. The highest BCUT2D eigenvalue weighted by Gasteiger charge is 2.07. The topological polar surface area (TPSA) is 68.8 Å². The van der Waals surface area contributed by atoms with Crippen LogP contribution in [0.5, 0.6) is 11.5 Å². The monoisotopic (exact) mass is 420 g/mol. The van der Waals surface area contributed by atoms with Gasteiger partial charge in [0, 0.05) is 18.4 Å². The van der Waals surface area contributed by atoms with Crippen molar-refractivity contribution < 1.29 is 19.0 Å². The summed E-state index contributed by atoms with van der Waals surface area (Å²) in [5, 5.41) is 6.01. The van der Waals surface area contributed by atoms with Gasteiger partial charge < -0.3 is 24.8 Å². The molecule has 0 fully saturated rings. The van der Waals surface area contributed by atoms with Crippen molar-refractivity contribution in [2.75, 3.05) is 37.0 Å². The minimum absolute atomic E-state index is 0.112. The maximum absolute atomic E-state index is 12.4. The summed E-state index contributed by atoms with van der Waals surface area (Å²) in [6, 6.07) is 24.8. The summed E-state index contributed by atoms with van der Waals surface area (Å²) < 4.78 is 16.8. The van der Waals surface area contributed by atoms with Crippen molar-refractivity contribution in [3.8, 4) is 11.5 Å². The summed E-state index contributed by atoms with van der Waals surface area (Å²) in [6.45, 7) is 4.16. The molecule has 3 aromatic rings. The quantitative estimate of drug-likeness (QED) is 0.415. The number of carbonyl (C=O) groups is 1. The molecule has 0 heterocycles. The number of ether oxygens (including phenoxy) is 3. The van der Waals surface area contributed by atoms with Crippen LogP contribution in [0.4, 0.5) is 11.4 Å². The van der Waals surface area contributed by atoms with Crippen LogP contribution < -0.4 is 20.1 Å². The third kappa shape index (κ3) is 7.68. The lowest BCUT2D eigenvalue weighted by atomic mass is 10.2. The van der Waals surface area contributed by atoms with Crippen molar-refractivity contribution in [2.24, 2.45) is 0 Å². The zero-order valence-electron chi connectivity index (χ0n) is 17.7. The van der Waals surface area contributed by atoms with E-state index in [4.69, 9.17) is 14.2 Å². The number of hydrogen-bond donors (Lipinski definition) is 2. The SMILES string of the molecule is CCOCCOc1ccccc1NCC(=O)Nc1cccc(OCc2ccccc2)c1. The Morgan fingerprint density at radius 1 is 0.871 bits per heavy atom. The van der Waals surface area contributed by atoms with E-state index in [0.29, 0.717) is 43.6 Å². The van der Waals surface area contributed by atoms with Gasteiger partial charge in [0.15, 0.2) is 0 Å². The lowest BCUT2D eigenvalue weighted by molar-refractivity contribution is -0.114. The molecule has 0 aliphatic rings. The molecule has 0 bridgehead atoms. The largest absolute Gasteiger partial charge is 0.489 e. The molecule has 0 saturated carbocycles. The Hall–Kier alpha value is -3.51. The number of rotatable bonds is 12. The third-order valence-electron chi connectivity index (χ3n) is 4.38. The molecule has 0 aromatic heterocycles. The first-order valence-corrected chi connectivity index (χ1v) is 10.3. The number of benzene rings is 3. The van der Waals surface area contributed by atoms with Crippen LogP contribution >= 0.6 is 0 Å². The van der Waals surface area contributed by atoms with Crippen molar-refractivity contribution in [3.05, 3.63) is 84.4 Å². The van der Waals surface area contributed by atoms with Gasteiger partial charge in [-0.05, 0) is 36.8 Å². The van der Waals surface area contributed by atoms with Crippen LogP contribution in [0.25, 0.3) is 0 Å². The number of carbonyl (C=O) groups excluding carboxylic acids is 1. The fourth-order valence-electron chi connectivity index (χ4n) is 2.88. The second-order valence-electron chi connectivity index (χ2n) is 6.75. The number of hydrogen-bond acceptors (Lipinski definition) is 5. The summed E-state index contributed by atoms with van der Waals surface area (Å²) in [5.41, 5.74) is 2.52. The predicted molar refractivity (Wildman–Crippen MR) is 123 cm³/mol. The van der Waals surface area contributed by atoms with Crippen molar-refractivity contribution in [2.45, 2.75) is 13.5 Å². The summed E-state index contributed by atoms with van der Waals surface area (Å²) in [6.07, 6.45) is 0. The van der Waals surface area contributed by atoms with Gasteiger partial charge in [0.2, 0.25) is 5.91 Å². The maximum atomic E-state index is 12.4. The van der Waals surface area contributed by atoms with Gasteiger partial charge in [0.05, 0.1) is 18.8 Å². The zero-order chi connectivity index (χ0) is 21.7. The van der Waals surface area contributed by atoms with Crippen molar-refractivity contribution in [1.82, 2.24) is 0 Å². The maximum Gasteiger partial charge on any atom is 0.243 e. The van der Waals surface area contributed by atoms with E-state index in [0.717, 1.165) is 11.3 Å². The Morgan fingerprint density at radius 2 is 1.68 bits per heavy atom. The molecule has 6 nitrogen and oxygen atoms in total. The van der Waals surface area contributed by atoms with Crippen LogP contribution in [0, 0.1) is 0 Å². The van der Waals surface area contributed by atoms with E-state index in [9.17, 15) is 4.79 Å². The van der Waals surface area contributed by atoms with E-state index >= 15 is 0 Å². The molecule has 1 amide bonds. The smallest absolute Gasteiger partial charge is 0.243 e. The van der Waals surface area contributed by atoms with Crippen LogP contribution in [-0.2, 0) is 16.1 Å². The molecule has 6 heteroatoms. The standard InChI is InChI=1S/C25H28N2O4/c1-2-29-15-16-30-24-14-7-6-13-23(24)26-18-25(28)27-21-11-8-12-22(17-21)31-19-20-9-4-3-5-10-20/h3-14,17,26H,2,15-16,18-19H2,1H3,(H,27,28). The highest BCUT2D eigenvalue weighted by Crippen LogP contribution is 2.23. The molecule has 0 aliphatic carbocycles. The Morgan fingerprint density at radius 3 is 2.52 bits per heavy atom. The molecule has 3 aromatic carbocycles. The molecule has 0 spiro atoms. The van der Waals surface area contributed by atoms with E-state index in [-0.39, 0.29) is 12.5 Å².